The largest absolute Gasteiger partial charge is 0.508 e. The molecule has 2 aliphatic rings. The number of hydrogen-bond donors (Lipinski definition) is 4. The number of benzene rings is 2. The van der Waals surface area contributed by atoms with Crippen LogP contribution in [0.5, 0.6) is 5.75 Å². The summed E-state index contributed by atoms with van der Waals surface area (Å²) in [5.41, 5.74) is 1.52. The van der Waals surface area contributed by atoms with E-state index in [-0.39, 0.29) is 24.5 Å². The Kier molecular flexibility index (Phi) is 10.6. The quantitative estimate of drug-likeness (QED) is 0.393. The van der Waals surface area contributed by atoms with E-state index in [9.17, 15) is 29.1 Å². The van der Waals surface area contributed by atoms with Gasteiger partial charge in [-0.2, -0.15) is 0 Å². The minimum absolute atomic E-state index is 0.0682. The summed E-state index contributed by atoms with van der Waals surface area (Å²) < 4.78 is 0. The van der Waals surface area contributed by atoms with Gasteiger partial charge in [-0.3, -0.25) is 24.0 Å². The SMILES string of the molecule is CC[C@H](C)[C@@H]1NC(=O)[C@H](C)NC(=O)[C@@H]2CCCN2C(=O)[C@@H](Cc2ccc(O)cc2)NC(=O)[C@@H](Cc2ccccc2)N(C)C1=O. The Morgan fingerprint density at radius 1 is 0.841 bits per heavy atom. The van der Waals surface area contributed by atoms with Crippen molar-refractivity contribution in [3.05, 3.63) is 65.7 Å². The molecular weight excluding hydrogens is 562 g/mol. The highest BCUT2D eigenvalue weighted by molar-refractivity contribution is 5.98. The van der Waals surface area contributed by atoms with E-state index < -0.39 is 59.7 Å². The van der Waals surface area contributed by atoms with Crippen LogP contribution in [0.25, 0.3) is 0 Å². The standard InChI is InChI=1S/C33H43N5O6/c1-5-20(2)28-33(44)37(4)27(19-22-10-7-6-8-11-22)31(42)35-25(18-23-13-15-24(39)16-14-23)32(43)38-17-9-12-26(38)30(41)34-21(3)29(40)36-28/h6-8,10-11,13-16,20-21,25-28,39H,5,9,12,17-19H2,1-4H3,(H,34,41)(H,35,42)(H,36,40)/t20-,21-,25+,26-,27+,28-/m0/s1. The fourth-order valence-corrected chi connectivity index (χ4v) is 5.79. The molecule has 2 heterocycles. The van der Waals surface area contributed by atoms with Crippen molar-refractivity contribution in [2.24, 2.45) is 5.92 Å². The second-order valence-electron chi connectivity index (χ2n) is 11.9. The summed E-state index contributed by atoms with van der Waals surface area (Å²) in [5, 5.41) is 18.3. The molecule has 2 aromatic rings. The highest BCUT2D eigenvalue weighted by Gasteiger charge is 2.41. The summed E-state index contributed by atoms with van der Waals surface area (Å²) in [6.07, 6.45) is 1.88. The summed E-state index contributed by atoms with van der Waals surface area (Å²) >= 11 is 0. The number of nitrogens with zero attached hydrogens (tertiary/aromatic N) is 2. The number of aromatic hydroxyl groups is 1. The summed E-state index contributed by atoms with van der Waals surface area (Å²) in [4.78, 5) is 71.7. The maximum absolute atomic E-state index is 14.1. The fourth-order valence-electron chi connectivity index (χ4n) is 5.79. The number of likely N-dealkylation sites (N-methyl/N-ethyl adjacent to an activating group) is 1. The third kappa shape index (κ3) is 7.56. The summed E-state index contributed by atoms with van der Waals surface area (Å²) in [5.74, 6) is -2.58. The lowest BCUT2D eigenvalue weighted by Crippen LogP contribution is -2.59. The molecule has 11 heteroatoms. The molecule has 4 N–H and O–H groups in total. The van der Waals surface area contributed by atoms with Crippen LogP contribution in [0, 0.1) is 5.92 Å². The average Bonchev–Trinajstić information content (AvgIpc) is 3.52. The van der Waals surface area contributed by atoms with Gasteiger partial charge in [-0.25, -0.2) is 0 Å². The third-order valence-electron chi connectivity index (χ3n) is 8.75. The molecular formula is C33H43N5O6. The highest BCUT2D eigenvalue weighted by Crippen LogP contribution is 2.22. The van der Waals surface area contributed by atoms with Gasteiger partial charge in [0.2, 0.25) is 29.5 Å². The van der Waals surface area contributed by atoms with Gasteiger partial charge in [0, 0.05) is 26.4 Å². The maximum Gasteiger partial charge on any atom is 0.246 e. The molecule has 2 aliphatic heterocycles. The zero-order valence-electron chi connectivity index (χ0n) is 25.8. The zero-order chi connectivity index (χ0) is 32.0. The molecule has 0 bridgehead atoms. The van der Waals surface area contributed by atoms with Crippen LogP contribution in [0.4, 0.5) is 0 Å². The minimum Gasteiger partial charge on any atom is -0.508 e. The number of rotatable bonds is 6. The zero-order valence-corrected chi connectivity index (χ0v) is 25.8. The number of nitrogens with one attached hydrogen (secondary N) is 3. The van der Waals surface area contributed by atoms with Crippen molar-refractivity contribution in [2.75, 3.05) is 13.6 Å². The first-order chi connectivity index (χ1) is 21.0. The molecule has 2 fully saturated rings. The molecule has 0 aromatic heterocycles. The van der Waals surface area contributed by atoms with Crippen LogP contribution in [0.3, 0.4) is 0 Å². The van der Waals surface area contributed by atoms with Crippen LogP contribution in [-0.4, -0.2) is 88.2 Å². The van der Waals surface area contributed by atoms with Crippen molar-refractivity contribution in [1.82, 2.24) is 25.8 Å². The molecule has 11 nitrogen and oxygen atoms in total. The van der Waals surface area contributed by atoms with Crippen LogP contribution < -0.4 is 16.0 Å². The lowest BCUT2D eigenvalue weighted by atomic mass is 9.95. The maximum atomic E-state index is 14.1. The van der Waals surface area contributed by atoms with Crippen molar-refractivity contribution in [2.45, 2.75) is 83.1 Å². The number of amides is 5. The van der Waals surface area contributed by atoms with Crippen LogP contribution in [0.15, 0.2) is 54.6 Å². The predicted molar refractivity (Wildman–Crippen MR) is 164 cm³/mol. The number of phenolic OH excluding ortho intramolecular Hbond substituents is 1. The van der Waals surface area contributed by atoms with Gasteiger partial charge in [0.25, 0.3) is 0 Å². The predicted octanol–water partition coefficient (Wildman–Crippen LogP) is 1.53. The number of phenols is 1. The molecule has 0 radical (unpaired) electrons. The Labute approximate surface area is 258 Å². The van der Waals surface area contributed by atoms with E-state index in [1.165, 1.54) is 29.0 Å². The lowest BCUT2D eigenvalue weighted by Gasteiger charge is -2.34. The van der Waals surface area contributed by atoms with Crippen molar-refractivity contribution < 1.29 is 29.1 Å². The first-order valence-electron chi connectivity index (χ1n) is 15.3. The van der Waals surface area contributed by atoms with Crippen molar-refractivity contribution >= 4 is 29.5 Å². The minimum atomic E-state index is -1.05. The van der Waals surface area contributed by atoms with E-state index in [1.54, 1.807) is 19.1 Å². The number of carbonyl (C=O) groups is 5. The van der Waals surface area contributed by atoms with E-state index in [2.05, 4.69) is 16.0 Å². The highest BCUT2D eigenvalue weighted by atomic mass is 16.3. The Balaban J connectivity index is 1.78. The number of fused-ring (bicyclic) bond motifs is 1. The van der Waals surface area contributed by atoms with Gasteiger partial charge in [0.15, 0.2) is 0 Å². The molecule has 0 saturated carbocycles. The van der Waals surface area contributed by atoms with Crippen molar-refractivity contribution in [1.29, 1.82) is 0 Å². The van der Waals surface area contributed by atoms with Crippen molar-refractivity contribution in [3.63, 3.8) is 0 Å². The summed E-state index contributed by atoms with van der Waals surface area (Å²) in [6.45, 7) is 5.63. The lowest BCUT2D eigenvalue weighted by molar-refractivity contribution is -0.144. The van der Waals surface area contributed by atoms with Crippen LogP contribution >= 0.6 is 0 Å². The van der Waals surface area contributed by atoms with E-state index in [0.717, 1.165) is 5.56 Å². The smallest absolute Gasteiger partial charge is 0.246 e. The molecule has 2 saturated heterocycles. The van der Waals surface area contributed by atoms with E-state index >= 15 is 0 Å². The monoisotopic (exact) mass is 605 g/mol. The van der Waals surface area contributed by atoms with E-state index in [1.807, 2.05) is 44.2 Å². The second-order valence-corrected chi connectivity index (χ2v) is 11.9. The first kappa shape index (κ1) is 32.5. The topological polar surface area (TPSA) is 148 Å². The van der Waals surface area contributed by atoms with Gasteiger partial charge in [0.05, 0.1) is 0 Å². The molecule has 2 aromatic carbocycles. The van der Waals surface area contributed by atoms with Gasteiger partial charge in [-0.05, 0) is 48.9 Å². The third-order valence-corrected chi connectivity index (χ3v) is 8.75. The molecule has 236 valence electrons. The summed E-state index contributed by atoms with van der Waals surface area (Å²) in [7, 11) is 1.54. The number of hydrogen-bond acceptors (Lipinski definition) is 6. The Morgan fingerprint density at radius 2 is 1.50 bits per heavy atom. The van der Waals surface area contributed by atoms with Crippen LogP contribution in [0.1, 0.15) is 51.2 Å². The van der Waals surface area contributed by atoms with Gasteiger partial charge in [-0.15, -0.1) is 0 Å². The van der Waals surface area contributed by atoms with Crippen molar-refractivity contribution in [3.8, 4) is 5.75 Å². The van der Waals surface area contributed by atoms with Crippen LogP contribution in [0.2, 0.25) is 0 Å². The molecule has 44 heavy (non-hydrogen) atoms. The van der Waals surface area contributed by atoms with Gasteiger partial charge in [-0.1, -0.05) is 62.7 Å². The molecule has 5 amide bonds. The molecule has 0 spiro atoms. The normalized spacial score (nSPS) is 26.2. The first-order valence-corrected chi connectivity index (χ1v) is 15.3. The van der Waals surface area contributed by atoms with Gasteiger partial charge < -0.3 is 30.9 Å². The molecule has 6 atom stereocenters. The molecule has 4 rings (SSSR count). The van der Waals surface area contributed by atoms with Gasteiger partial charge in [0.1, 0.15) is 36.0 Å². The number of carbonyl (C=O) groups excluding carboxylic acids is 5. The Morgan fingerprint density at radius 3 is 2.16 bits per heavy atom. The average molecular weight is 606 g/mol. The molecule has 0 unspecified atom stereocenters. The Bertz CT molecular complexity index is 1350. The van der Waals surface area contributed by atoms with Crippen LogP contribution in [-0.2, 0) is 36.8 Å². The van der Waals surface area contributed by atoms with Gasteiger partial charge >= 0.3 is 0 Å². The Hall–Kier alpha value is -4.41. The van der Waals surface area contributed by atoms with E-state index in [4.69, 9.17) is 0 Å². The second kappa shape index (κ2) is 14.4. The molecule has 0 aliphatic carbocycles. The fraction of sp³-hybridized carbons (Fsp3) is 0.485. The summed E-state index contributed by atoms with van der Waals surface area (Å²) in [6, 6.07) is 10.9. The van der Waals surface area contributed by atoms with E-state index in [0.29, 0.717) is 31.4 Å².